The molecule has 3 heterocycles. The number of aryl methyl sites for hydroxylation is 1. The molecule has 4 heteroatoms. The van der Waals surface area contributed by atoms with Gasteiger partial charge in [-0.05, 0) is 45.8 Å². The third kappa shape index (κ3) is 2.69. The second kappa shape index (κ2) is 5.04. The van der Waals surface area contributed by atoms with Gasteiger partial charge in [-0.1, -0.05) is 0 Å². The smallest absolute Gasteiger partial charge is 0.0897 e. The Morgan fingerprint density at radius 1 is 1.35 bits per heavy atom. The van der Waals surface area contributed by atoms with E-state index in [0.717, 1.165) is 12.6 Å². The number of hydrogen-bond donors (Lipinski definition) is 0. The van der Waals surface area contributed by atoms with Gasteiger partial charge >= 0.3 is 0 Å². The van der Waals surface area contributed by atoms with Gasteiger partial charge in [0.05, 0.1) is 5.01 Å². The lowest BCUT2D eigenvalue weighted by Gasteiger charge is -2.25. The summed E-state index contributed by atoms with van der Waals surface area (Å²) in [7, 11) is 0. The molecule has 17 heavy (non-hydrogen) atoms. The highest BCUT2D eigenvalue weighted by Gasteiger charge is 2.28. The van der Waals surface area contributed by atoms with E-state index in [0.29, 0.717) is 0 Å². The molecule has 0 aliphatic carbocycles. The summed E-state index contributed by atoms with van der Waals surface area (Å²) in [4.78, 5) is 11.1. The Morgan fingerprint density at radius 3 is 3.06 bits per heavy atom. The summed E-state index contributed by atoms with van der Waals surface area (Å²) in [5.74, 6) is 0. The minimum absolute atomic E-state index is 0.825. The molecule has 2 aliphatic heterocycles. The zero-order chi connectivity index (χ0) is 11.7. The van der Waals surface area contributed by atoms with Gasteiger partial charge in [0.2, 0.25) is 0 Å². The van der Waals surface area contributed by atoms with E-state index in [1.165, 1.54) is 55.3 Å². The second-order valence-electron chi connectivity index (χ2n) is 5.27. The lowest BCUT2D eigenvalue weighted by molar-refractivity contribution is 0.216. The van der Waals surface area contributed by atoms with Crippen LogP contribution in [0.4, 0.5) is 0 Å². The first-order valence-electron chi connectivity index (χ1n) is 6.69. The van der Waals surface area contributed by atoms with Crippen molar-refractivity contribution in [2.24, 2.45) is 0 Å². The molecule has 1 aromatic heterocycles. The van der Waals surface area contributed by atoms with Gasteiger partial charge in [-0.2, -0.15) is 0 Å². The molecule has 3 nitrogen and oxygen atoms in total. The minimum atomic E-state index is 0.825. The first-order chi connectivity index (χ1) is 8.31. The van der Waals surface area contributed by atoms with E-state index in [1.54, 1.807) is 0 Å². The fraction of sp³-hybridized carbons (Fsp3) is 0.769. The van der Waals surface area contributed by atoms with Gasteiger partial charge in [-0.25, -0.2) is 4.98 Å². The number of hydrogen-bond acceptors (Lipinski definition) is 4. The zero-order valence-corrected chi connectivity index (χ0v) is 11.4. The lowest BCUT2D eigenvalue weighted by Crippen LogP contribution is -2.36. The Kier molecular flexibility index (Phi) is 3.45. The first-order valence-corrected chi connectivity index (χ1v) is 7.50. The molecule has 94 valence electrons. The average Bonchev–Trinajstić information content (AvgIpc) is 2.85. The maximum atomic E-state index is 4.35. The van der Waals surface area contributed by atoms with Crippen molar-refractivity contribution in [3.63, 3.8) is 0 Å². The summed E-state index contributed by atoms with van der Waals surface area (Å²) in [6.07, 6.45) is 6.18. The number of rotatable bonds is 2. The van der Waals surface area contributed by atoms with Crippen molar-refractivity contribution < 1.29 is 0 Å². The highest BCUT2D eigenvalue weighted by atomic mass is 32.1. The Morgan fingerprint density at radius 2 is 2.24 bits per heavy atom. The van der Waals surface area contributed by atoms with E-state index in [9.17, 15) is 0 Å². The molecule has 2 fully saturated rings. The van der Waals surface area contributed by atoms with Crippen molar-refractivity contribution >= 4 is 11.3 Å². The third-order valence-corrected chi connectivity index (χ3v) is 4.83. The summed E-state index contributed by atoms with van der Waals surface area (Å²) in [5, 5.41) is 1.19. The molecule has 0 saturated carbocycles. The van der Waals surface area contributed by atoms with Crippen LogP contribution < -0.4 is 0 Å². The summed E-state index contributed by atoms with van der Waals surface area (Å²) in [6.45, 7) is 8.35. The zero-order valence-electron chi connectivity index (χ0n) is 10.6. The van der Waals surface area contributed by atoms with Crippen molar-refractivity contribution in [2.45, 2.75) is 38.8 Å². The van der Waals surface area contributed by atoms with Crippen LogP contribution in [0.1, 0.15) is 29.1 Å². The molecule has 1 unspecified atom stereocenters. The molecule has 0 amide bonds. The standard InChI is InChI=1S/C13H21N3S/c1-11-14-8-13(17-11)10-15-5-3-7-16-6-2-4-12(16)9-15/h8,12H,2-7,9-10H2,1H3. The quantitative estimate of drug-likeness (QED) is 0.802. The van der Waals surface area contributed by atoms with E-state index >= 15 is 0 Å². The monoisotopic (exact) mass is 251 g/mol. The molecule has 1 atom stereocenters. The molecule has 0 aromatic carbocycles. The van der Waals surface area contributed by atoms with Crippen LogP contribution in [0, 0.1) is 6.92 Å². The lowest BCUT2D eigenvalue weighted by atomic mass is 10.2. The van der Waals surface area contributed by atoms with Gasteiger partial charge in [-0.15, -0.1) is 11.3 Å². The van der Waals surface area contributed by atoms with Crippen molar-refractivity contribution in [3.05, 3.63) is 16.1 Å². The predicted molar refractivity (Wildman–Crippen MR) is 71.3 cm³/mol. The highest BCUT2D eigenvalue weighted by Crippen LogP contribution is 2.23. The van der Waals surface area contributed by atoms with Crippen LogP contribution >= 0.6 is 11.3 Å². The van der Waals surface area contributed by atoms with Gasteiger partial charge < -0.3 is 0 Å². The Labute approximate surface area is 107 Å². The van der Waals surface area contributed by atoms with Crippen LogP contribution in [0.3, 0.4) is 0 Å². The summed E-state index contributed by atoms with van der Waals surface area (Å²) >= 11 is 1.85. The largest absolute Gasteiger partial charge is 0.299 e. The van der Waals surface area contributed by atoms with Gasteiger partial charge in [-0.3, -0.25) is 9.80 Å². The Balaban J connectivity index is 1.63. The summed E-state index contributed by atoms with van der Waals surface area (Å²) in [6, 6.07) is 0.825. The van der Waals surface area contributed by atoms with Crippen molar-refractivity contribution in [1.29, 1.82) is 0 Å². The Bertz CT molecular complexity index is 376. The fourth-order valence-corrected chi connectivity index (χ4v) is 3.96. The number of fused-ring (bicyclic) bond motifs is 1. The topological polar surface area (TPSA) is 19.4 Å². The second-order valence-corrected chi connectivity index (χ2v) is 6.59. The van der Waals surface area contributed by atoms with E-state index < -0.39 is 0 Å². The van der Waals surface area contributed by atoms with E-state index in [2.05, 4.69) is 27.9 Å². The normalized spacial score (nSPS) is 27.0. The van der Waals surface area contributed by atoms with Crippen LogP contribution in [-0.2, 0) is 6.54 Å². The van der Waals surface area contributed by atoms with E-state index in [1.807, 2.05) is 11.3 Å². The molecule has 2 saturated heterocycles. The van der Waals surface area contributed by atoms with Crippen molar-refractivity contribution in [1.82, 2.24) is 14.8 Å². The summed E-state index contributed by atoms with van der Waals surface area (Å²) < 4.78 is 0. The van der Waals surface area contributed by atoms with Crippen LogP contribution in [0.2, 0.25) is 0 Å². The molecular weight excluding hydrogens is 230 g/mol. The fourth-order valence-electron chi connectivity index (χ4n) is 3.13. The van der Waals surface area contributed by atoms with Gasteiger partial charge in [0, 0.05) is 30.2 Å². The van der Waals surface area contributed by atoms with Crippen molar-refractivity contribution in [3.8, 4) is 0 Å². The SMILES string of the molecule is Cc1ncc(CN2CCCN3CCCC3C2)s1. The molecule has 0 bridgehead atoms. The maximum absolute atomic E-state index is 4.35. The molecular formula is C13H21N3S. The van der Waals surface area contributed by atoms with E-state index in [4.69, 9.17) is 0 Å². The average molecular weight is 251 g/mol. The van der Waals surface area contributed by atoms with Crippen molar-refractivity contribution in [2.75, 3.05) is 26.2 Å². The van der Waals surface area contributed by atoms with Crippen LogP contribution in [0.15, 0.2) is 6.20 Å². The molecule has 0 N–H and O–H groups in total. The molecule has 0 spiro atoms. The number of thiazole rings is 1. The summed E-state index contributed by atoms with van der Waals surface area (Å²) in [5.41, 5.74) is 0. The minimum Gasteiger partial charge on any atom is -0.299 e. The van der Waals surface area contributed by atoms with E-state index in [-0.39, 0.29) is 0 Å². The first kappa shape index (κ1) is 11.6. The van der Waals surface area contributed by atoms with Crippen LogP contribution in [0.5, 0.6) is 0 Å². The Hall–Kier alpha value is -0.450. The van der Waals surface area contributed by atoms with Crippen LogP contribution in [0.25, 0.3) is 0 Å². The third-order valence-electron chi connectivity index (χ3n) is 3.94. The van der Waals surface area contributed by atoms with Crippen LogP contribution in [-0.4, -0.2) is 47.0 Å². The molecule has 1 aromatic rings. The maximum Gasteiger partial charge on any atom is 0.0897 e. The van der Waals surface area contributed by atoms with Gasteiger partial charge in [0.1, 0.15) is 0 Å². The highest BCUT2D eigenvalue weighted by molar-refractivity contribution is 7.11. The number of nitrogens with zero attached hydrogens (tertiary/aromatic N) is 3. The predicted octanol–water partition coefficient (Wildman–Crippen LogP) is 2.12. The van der Waals surface area contributed by atoms with Gasteiger partial charge in [0.15, 0.2) is 0 Å². The number of aromatic nitrogens is 1. The molecule has 0 radical (unpaired) electrons. The molecule has 2 aliphatic rings. The molecule has 3 rings (SSSR count). The van der Waals surface area contributed by atoms with Gasteiger partial charge in [0.25, 0.3) is 0 Å².